The van der Waals surface area contributed by atoms with Crippen LogP contribution >= 0.6 is 0 Å². The van der Waals surface area contributed by atoms with Crippen LogP contribution in [0.2, 0.25) is 0 Å². The standard InChI is InChI=1S/C15H31N3O3/c1-11(2)8-13(10-18(4)5)17-15(21)16-9-12(3)6-7-14(19)20/h11-13H,6-10H2,1-5H3,(H,19,20)(H2,16,17,21). The Morgan fingerprint density at radius 3 is 2.29 bits per heavy atom. The minimum atomic E-state index is -0.797. The van der Waals surface area contributed by atoms with Crippen LogP contribution in [0.25, 0.3) is 0 Å². The molecule has 21 heavy (non-hydrogen) atoms. The zero-order chi connectivity index (χ0) is 16.4. The second-order valence-electron chi connectivity index (χ2n) is 6.48. The van der Waals surface area contributed by atoms with Crippen molar-refractivity contribution in [1.82, 2.24) is 15.5 Å². The number of amides is 2. The number of hydrogen-bond donors (Lipinski definition) is 3. The van der Waals surface area contributed by atoms with Crippen molar-refractivity contribution in [1.29, 1.82) is 0 Å². The van der Waals surface area contributed by atoms with Crippen molar-refractivity contribution in [3.05, 3.63) is 0 Å². The van der Waals surface area contributed by atoms with Gasteiger partial charge in [0.05, 0.1) is 0 Å². The summed E-state index contributed by atoms with van der Waals surface area (Å²) < 4.78 is 0. The van der Waals surface area contributed by atoms with E-state index < -0.39 is 5.97 Å². The molecule has 2 amide bonds. The Kier molecular flexibility index (Phi) is 9.78. The zero-order valence-electron chi connectivity index (χ0n) is 14.0. The van der Waals surface area contributed by atoms with E-state index in [9.17, 15) is 9.59 Å². The van der Waals surface area contributed by atoms with Crippen LogP contribution in [0.4, 0.5) is 4.79 Å². The fraction of sp³-hybridized carbons (Fsp3) is 0.867. The fourth-order valence-corrected chi connectivity index (χ4v) is 2.16. The number of nitrogens with one attached hydrogen (secondary N) is 2. The normalized spacial score (nSPS) is 14.0. The van der Waals surface area contributed by atoms with E-state index >= 15 is 0 Å². The minimum absolute atomic E-state index is 0.120. The first kappa shape index (κ1) is 19.7. The number of carboxylic acid groups (broad SMARTS) is 1. The van der Waals surface area contributed by atoms with Gasteiger partial charge < -0.3 is 20.6 Å². The lowest BCUT2D eigenvalue weighted by molar-refractivity contribution is -0.137. The molecule has 0 fully saturated rings. The van der Waals surface area contributed by atoms with Gasteiger partial charge in [-0.25, -0.2) is 4.79 Å². The summed E-state index contributed by atoms with van der Waals surface area (Å²) in [5, 5.41) is 14.4. The van der Waals surface area contributed by atoms with Gasteiger partial charge in [0.2, 0.25) is 0 Å². The molecule has 0 heterocycles. The maximum atomic E-state index is 11.9. The van der Waals surface area contributed by atoms with Gasteiger partial charge in [0.15, 0.2) is 0 Å². The van der Waals surface area contributed by atoms with Crippen LogP contribution in [0.3, 0.4) is 0 Å². The Bertz CT molecular complexity index is 309. The summed E-state index contributed by atoms with van der Waals surface area (Å²) in [4.78, 5) is 24.4. The van der Waals surface area contributed by atoms with E-state index in [-0.39, 0.29) is 24.4 Å². The van der Waals surface area contributed by atoms with Crippen LogP contribution in [0.15, 0.2) is 0 Å². The number of aliphatic carboxylic acids is 1. The van der Waals surface area contributed by atoms with Crippen LogP contribution in [-0.2, 0) is 4.79 Å². The van der Waals surface area contributed by atoms with Crippen LogP contribution in [0.1, 0.15) is 40.0 Å². The van der Waals surface area contributed by atoms with Crippen LogP contribution < -0.4 is 10.6 Å². The van der Waals surface area contributed by atoms with Gasteiger partial charge in [-0.1, -0.05) is 20.8 Å². The lowest BCUT2D eigenvalue weighted by atomic mass is 10.0. The number of likely N-dealkylation sites (N-methyl/N-ethyl adjacent to an activating group) is 1. The molecule has 6 heteroatoms. The number of urea groups is 1. The number of carbonyl (C=O) groups excluding carboxylic acids is 1. The Morgan fingerprint density at radius 1 is 1.19 bits per heavy atom. The third-order valence-corrected chi connectivity index (χ3v) is 3.14. The molecule has 2 atom stereocenters. The van der Waals surface area contributed by atoms with Gasteiger partial charge in [0, 0.05) is 25.6 Å². The second kappa shape index (κ2) is 10.4. The minimum Gasteiger partial charge on any atom is -0.481 e. The first-order valence-electron chi connectivity index (χ1n) is 7.61. The molecule has 6 nitrogen and oxygen atoms in total. The highest BCUT2D eigenvalue weighted by atomic mass is 16.4. The predicted octanol–water partition coefficient (Wildman–Crippen LogP) is 1.76. The molecule has 0 aromatic carbocycles. The number of nitrogens with zero attached hydrogens (tertiary/aromatic N) is 1. The summed E-state index contributed by atoms with van der Waals surface area (Å²) in [6.07, 6.45) is 1.64. The maximum Gasteiger partial charge on any atom is 0.315 e. The molecule has 0 aromatic heterocycles. The summed E-state index contributed by atoms with van der Waals surface area (Å²) >= 11 is 0. The lowest BCUT2D eigenvalue weighted by Gasteiger charge is -2.24. The largest absolute Gasteiger partial charge is 0.481 e. The maximum absolute atomic E-state index is 11.9. The van der Waals surface area contributed by atoms with Gasteiger partial charge in [-0.15, -0.1) is 0 Å². The molecule has 3 N–H and O–H groups in total. The average Bonchev–Trinajstić information content (AvgIpc) is 2.32. The summed E-state index contributed by atoms with van der Waals surface area (Å²) in [5.41, 5.74) is 0. The highest BCUT2D eigenvalue weighted by Gasteiger charge is 2.15. The SMILES string of the molecule is CC(C)CC(CN(C)C)NC(=O)NCC(C)CCC(=O)O. The van der Waals surface area contributed by atoms with Crippen LogP contribution in [-0.4, -0.2) is 55.2 Å². The third-order valence-electron chi connectivity index (χ3n) is 3.14. The van der Waals surface area contributed by atoms with E-state index in [1.807, 2.05) is 21.0 Å². The van der Waals surface area contributed by atoms with E-state index in [1.165, 1.54) is 0 Å². The predicted molar refractivity (Wildman–Crippen MR) is 84.4 cm³/mol. The van der Waals surface area contributed by atoms with Crippen LogP contribution in [0, 0.1) is 11.8 Å². The number of carbonyl (C=O) groups is 2. The van der Waals surface area contributed by atoms with Crippen molar-refractivity contribution in [2.45, 2.75) is 46.1 Å². The smallest absolute Gasteiger partial charge is 0.315 e. The summed E-state index contributed by atoms with van der Waals surface area (Å²) in [6, 6.07) is -0.0565. The van der Waals surface area contributed by atoms with Crippen LogP contribution in [0.5, 0.6) is 0 Å². The Labute approximate surface area is 128 Å². The van der Waals surface area contributed by atoms with Crippen molar-refractivity contribution < 1.29 is 14.7 Å². The van der Waals surface area contributed by atoms with Crippen molar-refractivity contribution in [3.63, 3.8) is 0 Å². The fourth-order valence-electron chi connectivity index (χ4n) is 2.16. The van der Waals surface area contributed by atoms with Gasteiger partial charge in [-0.2, -0.15) is 0 Å². The van der Waals surface area contributed by atoms with Crippen molar-refractivity contribution in [3.8, 4) is 0 Å². The average molecular weight is 301 g/mol. The highest BCUT2D eigenvalue weighted by Crippen LogP contribution is 2.06. The monoisotopic (exact) mass is 301 g/mol. The number of carboxylic acids is 1. The van der Waals surface area contributed by atoms with Gasteiger partial charge in [0.25, 0.3) is 0 Å². The van der Waals surface area contributed by atoms with E-state index in [1.54, 1.807) is 0 Å². The molecule has 0 bridgehead atoms. The Morgan fingerprint density at radius 2 is 1.81 bits per heavy atom. The summed E-state index contributed by atoms with van der Waals surface area (Å²) in [5.74, 6) is -0.122. The van der Waals surface area contributed by atoms with Gasteiger partial charge >= 0.3 is 12.0 Å². The molecule has 0 aliphatic heterocycles. The van der Waals surface area contributed by atoms with E-state index in [0.29, 0.717) is 18.9 Å². The summed E-state index contributed by atoms with van der Waals surface area (Å²) in [7, 11) is 3.97. The molecular weight excluding hydrogens is 270 g/mol. The molecule has 0 aromatic rings. The molecule has 2 unspecified atom stereocenters. The molecular formula is C15H31N3O3. The van der Waals surface area contributed by atoms with Gasteiger partial charge in [-0.3, -0.25) is 4.79 Å². The molecule has 0 aliphatic carbocycles. The van der Waals surface area contributed by atoms with E-state index in [0.717, 1.165) is 13.0 Å². The van der Waals surface area contributed by atoms with Gasteiger partial charge in [0.1, 0.15) is 0 Å². The molecule has 0 saturated carbocycles. The Hall–Kier alpha value is -1.30. The molecule has 0 spiro atoms. The van der Waals surface area contributed by atoms with Crippen molar-refractivity contribution in [2.75, 3.05) is 27.2 Å². The number of hydrogen-bond acceptors (Lipinski definition) is 3. The Balaban J connectivity index is 4.09. The van der Waals surface area contributed by atoms with Crippen molar-refractivity contribution >= 4 is 12.0 Å². The topological polar surface area (TPSA) is 81.7 Å². The molecule has 0 radical (unpaired) electrons. The first-order chi connectivity index (χ1) is 9.70. The molecule has 124 valence electrons. The molecule has 0 aliphatic rings. The molecule has 0 saturated heterocycles. The van der Waals surface area contributed by atoms with E-state index in [4.69, 9.17) is 5.11 Å². The van der Waals surface area contributed by atoms with E-state index in [2.05, 4.69) is 29.4 Å². The van der Waals surface area contributed by atoms with Crippen molar-refractivity contribution in [2.24, 2.45) is 11.8 Å². The zero-order valence-corrected chi connectivity index (χ0v) is 14.0. The quantitative estimate of drug-likeness (QED) is 0.574. The highest BCUT2D eigenvalue weighted by molar-refractivity contribution is 5.74. The van der Waals surface area contributed by atoms with Gasteiger partial charge in [-0.05, 0) is 38.8 Å². The lowest BCUT2D eigenvalue weighted by Crippen LogP contribution is -2.47. The third kappa shape index (κ3) is 12.2. The molecule has 0 rings (SSSR count). The second-order valence-corrected chi connectivity index (χ2v) is 6.48. The summed E-state index contributed by atoms with van der Waals surface area (Å²) in [6.45, 7) is 7.51. The number of rotatable bonds is 10. The first-order valence-corrected chi connectivity index (χ1v) is 7.61.